The van der Waals surface area contributed by atoms with Crippen molar-refractivity contribution in [3.05, 3.63) is 69.4 Å². The molecule has 2 aromatic rings. The molecule has 25 heavy (non-hydrogen) atoms. The van der Waals surface area contributed by atoms with Crippen LogP contribution in [0.15, 0.2) is 49.1 Å². The highest BCUT2D eigenvalue weighted by Gasteiger charge is 2.31. The second-order valence-corrected chi connectivity index (χ2v) is 9.01. The van der Waals surface area contributed by atoms with Gasteiger partial charge >= 0.3 is 6.18 Å². The molecule has 0 aliphatic carbocycles. The van der Waals surface area contributed by atoms with Gasteiger partial charge in [-0.1, -0.05) is 35.9 Å². The number of sulfonamides is 1. The van der Waals surface area contributed by atoms with Gasteiger partial charge in [-0.3, -0.25) is 0 Å². The van der Waals surface area contributed by atoms with Gasteiger partial charge in [0.05, 0.1) is 15.7 Å². The van der Waals surface area contributed by atoms with Crippen molar-refractivity contribution in [2.24, 2.45) is 0 Å². The maximum absolute atomic E-state index is 12.8. The standard InChI is InChI=1S/C16H15ClF3NO2S2/c1-2-8-21(10-14-6-7-15(17)24-14)25(22,23)11-12-4-3-5-13(9-12)16(18,19)20/h2-7,9H,1,8,10-11H2. The number of hydrogen-bond donors (Lipinski definition) is 0. The highest BCUT2D eigenvalue weighted by Crippen LogP contribution is 2.30. The lowest BCUT2D eigenvalue weighted by atomic mass is 10.1. The highest BCUT2D eigenvalue weighted by atomic mass is 35.5. The Morgan fingerprint density at radius 1 is 1.24 bits per heavy atom. The van der Waals surface area contributed by atoms with E-state index in [-0.39, 0.29) is 18.7 Å². The molecule has 9 heteroatoms. The van der Waals surface area contributed by atoms with E-state index in [9.17, 15) is 21.6 Å². The summed E-state index contributed by atoms with van der Waals surface area (Å²) in [5, 5.41) is 0. The first-order valence-corrected chi connectivity index (χ1v) is 9.91. The van der Waals surface area contributed by atoms with Gasteiger partial charge in [-0.05, 0) is 23.8 Å². The van der Waals surface area contributed by atoms with Crippen LogP contribution < -0.4 is 0 Å². The number of alkyl halides is 3. The third-order valence-electron chi connectivity index (χ3n) is 3.29. The molecule has 0 bridgehead atoms. The first-order chi connectivity index (χ1) is 11.6. The first kappa shape index (κ1) is 20.0. The summed E-state index contributed by atoms with van der Waals surface area (Å²) in [5.41, 5.74) is -0.798. The summed E-state index contributed by atoms with van der Waals surface area (Å²) in [4.78, 5) is 0.736. The van der Waals surface area contributed by atoms with E-state index in [0.717, 1.165) is 17.0 Å². The van der Waals surface area contributed by atoms with E-state index in [4.69, 9.17) is 11.6 Å². The van der Waals surface area contributed by atoms with Crippen LogP contribution in [0.3, 0.4) is 0 Å². The molecule has 0 spiro atoms. The molecule has 0 radical (unpaired) electrons. The SMILES string of the molecule is C=CCN(Cc1ccc(Cl)s1)S(=O)(=O)Cc1cccc(C(F)(F)F)c1. The number of hydrogen-bond acceptors (Lipinski definition) is 3. The van der Waals surface area contributed by atoms with Crippen molar-refractivity contribution in [2.45, 2.75) is 18.5 Å². The molecular formula is C16H15ClF3NO2S2. The molecule has 0 atom stereocenters. The fourth-order valence-corrected chi connectivity index (χ4v) is 4.81. The smallest absolute Gasteiger partial charge is 0.212 e. The summed E-state index contributed by atoms with van der Waals surface area (Å²) in [6, 6.07) is 7.69. The molecule has 0 saturated carbocycles. The number of benzene rings is 1. The van der Waals surface area contributed by atoms with Crippen LogP contribution in [0.25, 0.3) is 0 Å². The highest BCUT2D eigenvalue weighted by molar-refractivity contribution is 7.88. The van der Waals surface area contributed by atoms with Gasteiger partial charge in [0.25, 0.3) is 0 Å². The van der Waals surface area contributed by atoms with E-state index in [1.54, 1.807) is 12.1 Å². The van der Waals surface area contributed by atoms with Gasteiger partial charge in [-0.25, -0.2) is 8.42 Å². The molecular weight excluding hydrogens is 395 g/mol. The number of rotatable bonds is 7. The first-order valence-electron chi connectivity index (χ1n) is 7.11. The minimum absolute atomic E-state index is 0.0524. The van der Waals surface area contributed by atoms with Crippen LogP contribution in [-0.2, 0) is 28.5 Å². The van der Waals surface area contributed by atoms with E-state index in [1.807, 2.05) is 0 Å². The summed E-state index contributed by atoms with van der Waals surface area (Å²) in [7, 11) is -3.83. The molecule has 0 unspecified atom stereocenters. The molecule has 0 aliphatic rings. The molecule has 0 N–H and O–H groups in total. The van der Waals surface area contributed by atoms with E-state index >= 15 is 0 Å². The average molecular weight is 410 g/mol. The molecule has 0 fully saturated rings. The molecule has 136 valence electrons. The van der Waals surface area contributed by atoms with Crippen molar-refractivity contribution < 1.29 is 21.6 Å². The Morgan fingerprint density at radius 3 is 2.52 bits per heavy atom. The van der Waals surface area contributed by atoms with Crippen molar-refractivity contribution in [1.29, 1.82) is 0 Å². The predicted octanol–water partition coefficient (Wildman–Crippen LogP) is 4.94. The fourth-order valence-electron chi connectivity index (χ4n) is 2.17. The summed E-state index contributed by atoms with van der Waals surface area (Å²) in [6.45, 7) is 3.68. The predicted molar refractivity (Wildman–Crippen MR) is 94.0 cm³/mol. The van der Waals surface area contributed by atoms with Crippen LogP contribution in [-0.4, -0.2) is 19.3 Å². The maximum Gasteiger partial charge on any atom is 0.416 e. The zero-order valence-corrected chi connectivity index (χ0v) is 15.4. The van der Waals surface area contributed by atoms with E-state index in [2.05, 4.69) is 6.58 Å². The lowest BCUT2D eigenvalue weighted by molar-refractivity contribution is -0.137. The van der Waals surface area contributed by atoms with E-state index < -0.39 is 27.5 Å². The second-order valence-electron chi connectivity index (χ2n) is 5.24. The zero-order chi connectivity index (χ0) is 18.7. The number of nitrogens with zero attached hydrogens (tertiary/aromatic N) is 1. The van der Waals surface area contributed by atoms with Gasteiger partial charge in [0.1, 0.15) is 0 Å². The molecule has 0 amide bonds. The second kappa shape index (κ2) is 7.90. The molecule has 0 saturated heterocycles. The Hall–Kier alpha value is -1.35. The van der Waals surface area contributed by atoms with Crippen molar-refractivity contribution in [2.75, 3.05) is 6.54 Å². The van der Waals surface area contributed by atoms with E-state index in [0.29, 0.717) is 4.34 Å². The lowest BCUT2D eigenvalue weighted by Crippen LogP contribution is -2.31. The van der Waals surface area contributed by atoms with Gasteiger partial charge in [0.2, 0.25) is 10.0 Å². The average Bonchev–Trinajstić information content (AvgIpc) is 2.91. The summed E-state index contributed by atoms with van der Waals surface area (Å²) < 4.78 is 65.3. The number of halogens is 4. The third kappa shape index (κ3) is 5.57. The Bertz CT molecular complexity index is 847. The van der Waals surface area contributed by atoms with Gasteiger partial charge in [-0.2, -0.15) is 17.5 Å². The largest absolute Gasteiger partial charge is 0.416 e. The fraction of sp³-hybridized carbons (Fsp3) is 0.250. The molecule has 3 nitrogen and oxygen atoms in total. The topological polar surface area (TPSA) is 37.4 Å². The monoisotopic (exact) mass is 409 g/mol. The minimum Gasteiger partial charge on any atom is -0.212 e. The van der Waals surface area contributed by atoms with Crippen LogP contribution in [0.5, 0.6) is 0 Å². The summed E-state index contributed by atoms with van der Waals surface area (Å²) in [6.07, 6.45) is -3.09. The van der Waals surface area contributed by atoms with Crippen molar-refractivity contribution in [1.82, 2.24) is 4.31 Å². The zero-order valence-electron chi connectivity index (χ0n) is 13.0. The molecule has 2 rings (SSSR count). The quantitative estimate of drug-likeness (QED) is 0.607. The van der Waals surface area contributed by atoms with Gasteiger partial charge < -0.3 is 0 Å². The number of thiophene rings is 1. The normalized spacial score (nSPS) is 12.5. The van der Waals surface area contributed by atoms with E-state index in [1.165, 1.54) is 33.9 Å². The third-order valence-corrected chi connectivity index (χ3v) is 6.27. The van der Waals surface area contributed by atoms with Crippen LogP contribution in [0.4, 0.5) is 13.2 Å². The maximum atomic E-state index is 12.8. The van der Waals surface area contributed by atoms with Crippen LogP contribution in [0.1, 0.15) is 16.0 Å². The summed E-state index contributed by atoms with van der Waals surface area (Å²) >= 11 is 7.10. The minimum atomic E-state index is -4.52. The van der Waals surface area contributed by atoms with Crippen LogP contribution >= 0.6 is 22.9 Å². The molecule has 0 aliphatic heterocycles. The molecule has 1 aromatic heterocycles. The van der Waals surface area contributed by atoms with Crippen LogP contribution in [0.2, 0.25) is 4.34 Å². The van der Waals surface area contributed by atoms with Crippen molar-refractivity contribution >= 4 is 33.0 Å². The molecule has 1 heterocycles. The van der Waals surface area contributed by atoms with Crippen molar-refractivity contribution in [3.63, 3.8) is 0 Å². The van der Waals surface area contributed by atoms with Gasteiger partial charge in [0, 0.05) is 18.0 Å². The summed E-state index contributed by atoms with van der Waals surface area (Å²) in [5.74, 6) is -0.524. The molecule has 1 aromatic carbocycles. The van der Waals surface area contributed by atoms with Gasteiger partial charge in [0.15, 0.2) is 0 Å². The Balaban J connectivity index is 2.24. The Kier molecular flexibility index (Phi) is 6.31. The van der Waals surface area contributed by atoms with Crippen LogP contribution in [0, 0.1) is 0 Å². The lowest BCUT2D eigenvalue weighted by Gasteiger charge is -2.20. The van der Waals surface area contributed by atoms with Crippen molar-refractivity contribution in [3.8, 4) is 0 Å². The Labute approximate surface area is 153 Å². The van der Waals surface area contributed by atoms with Gasteiger partial charge in [-0.15, -0.1) is 17.9 Å². The Morgan fingerprint density at radius 2 is 1.96 bits per heavy atom.